The van der Waals surface area contributed by atoms with Gasteiger partial charge in [-0.05, 0) is 0 Å². The average molecular weight is 96.5 g/mol. The molecule has 0 saturated heterocycles. The Morgan fingerprint density at radius 3 is 1.25 bits per heavy atom. The van der Waals surface area contributed by atoms with Crippen molar-refractivity contribution in [3.63, 3.8) is 0 Å². The molecule has 4 heteroatoms. The van der Waals surface area contributed by atoms with Crippen LogP contribution >= 0.6 is 12.4 Å². The van der Waals surface area contributed by atoms with Crippen LogP contribution in [0, 0.1) is 0 Å². The van der Waals surface area contributed by atoms with Crippen LogP contribution in [0.25, 0.3) is 0 Å². The van der Waals surface area contributed by atoms with Gasteiger partial charge in [-0.25, -0.2) is 0 Å². The zero-order chi connectivity index (χ0) is 2.00. The Labute approximate surface area is 39.2 Å². The minimum atomic E-state index is 0. The molecule has 0 spiro atoms. The van der Waals surface area contributed by atoms with Gasteiger partial charge in [0.1, 0.15) is 0 Å². The van der Waals surface area contributed by atoms with Gasteiger partial charge in [0, 0.05) is 0 Å². The summed E-state index contributed by atoms with van der Waals surface area (Å²) >= 11 is 1.17. The zero-order valence-electron chi connectivity index (χ0n) is 2.10. The number of hydrogen-bond acceptors (Lipinski definition) is 2. The fraction of sp³-hybridized carbons (Fsp3) is 0. The molecule has 0 aromatic rings. The fourth-order valence-electron chi connectivity index (χ4n) is 0. The summed E-state index contributed by atoms with van der Waals surface area (Å²) in [6.07, 6.45) is 0. The second kappa shape index (κ2) is 70.4. The van der Waals surface area contributed by atoms with Crippen LogP contribution in [-0.2, 0) is 3.80 Å². The van der Waals surface area contributed by atoms with Crippen molar-refractivity contribution in [2.75, 3.05) is 0 Å². The van der Waals surface area contributed by atoms with Crippen LogP contribution in [0.2, 0.25) is 0 Å². The summed E-state index contributed by atoms with van der Waals surface area (Å²) in [5, 5.41) is 0. The standard InChI is InChI=1S/Al.ClH.H3N.O/h;1H;1H3;. The Morgan fingerprint density at radius 2 is 1.25 bits per heavy atom. The van der Waals surface area contributed by atoms with Crippen molar-refractivity contribution < 1.29 is 3.80 Å². The van der Waals surface area contributed by atoms with Crippen LogP contribution in [0.5, 0.6) is 0 Å². The number of hydrogen-bond donors (Lipinski definition) is 1. The molecule has 0 atom stereocenters. The van der Waals surface area contributed by atoms with E-state index in [0.717, 1.165) is 0 Å². The first-order chi connectivity index (χ1) is 1.00. The second-order valence-electron chi connectivity index (χ2n) is 0. The molecule has 25 valence electrons. The third-order valence-electron chi connectivity index (χ3n) is 0. The van der Waals surface area contributed by atoms with Gasteiger partial charge in [0.2, 0.25) is 0 Å². The Kier molecular flexibility index (Phi) is 413. The summed E-state index contributed by atoms with van der Waals surface area (Å²) in [7, 11) is 0. The van der Waals surface area contributed by atoms with E-state index in [1.807, 2.05) is 0 Å². The van der Waals surface area contributed by atoms with Gasteiger partial charge < -0.3 is 6.15 Å². The van der Waals surface area contributed by atoms with Crippen LogP contribution in [0.3, 0.4) is 0 Å². The van der Waals surface area contributed by atoms with E-state index in [2.05, 4.69) is 0 Å². The van der Waals surface area contributed by atoms with Crippen LogP contribution in [0.4, 0.5) is 0 Å². The molecule has 1 radical (unpaired) electrons. The Balaban J connectivity index is -0.00000000500. The first-order valence-corrected chi connectivity index (χ1v) is 0.707. The molecule has 0 aliphatic carbocycles. The minimum absolute atomic E-state index is 0. The fourth-order valence-corrected chi connectivity index (χ4v) is 0. The van der Waals surface area contributed by atoms with Gasteiger partial charge in [-0.2, -0.15) is 0 Å². The Hall–Kier alpha value is 0.582. The summed E-state index contributed by atoms with van der Waals surface area (Å²) in [5.74, 6) is 0. The molecular formula is H4AlClNO. The summed E-state index contributed by atoms with van der Waals surface area (Å²) in [6, 6.07) is 0. The third-order valence-corrected chi connectivity index (χ3v) is 0. The van der Waals surface area contributed by atoms with Crippen LogP contribution in [0.1, 0.15) is 0 Å². The van der Waals surface area contributed by atoms with Crippen molar-refractivity contribution in [2.45, 2.75) is 0 Å². The molecule has 2 nitrogen and oxygen atoms in total. The van der Waals surface area contributed by atoms with Crippen molar-refractivity contribution in [2.24, 2.45) is 0 Å². The van der Waals surface area contributed by atoms with Gasteiger partial charge in [-0.1, -0.05) is 0 Å². The molecule has 0 saturated carbocycles. The first kappa shape index (κ1) is 23.5. The van der Waals surface area contributed by atoms with Crippen LogP contribution < -0.4 is 6.15 Å². The molecule has 0 rings (SSSR count). The average Bonchev–Trinajstić information content (AvgIpc) is 1.00. The normalized spacial score (nSPS) is 0.750. The van der Waals surface area contributed by atoms with Crippen molar-refractivity contribution >= 4 is 28.6 Å². The molecule has 0 aliphatic heterocycles. The molecule has 0 fully saturated rings. The van der Waals surface area contributed by atoms with E-state index in [-0.39, 0.29) is 18.6 Å². The van der Waals surface area contributed by atoms with Gasteiger partial charge in [0.15, 0.2) is 0 Å². The third kappa shape index (κ3) is 19.1. The van der Waals surface area contributed by atoms with E-state index in [1.165, 1.54) is 16.2 Å². The van der Waals surface area contributed by atoms with Crippen molar-refractivity contribution in [3.8, 4) is 0 Å². The molecule has 0 unspecified atom stereocenters. The molecular weight excluding hydrogens is 92.4 g/mol. The van der Waals surface area contributed by atoms with Crippen molar-refractivity contribution in [3.05, 3.63) is 0 Å². The Bertz CT molecular complexity index is 8.00. The Morgan fingerprint density at radius 1 is 1.25 bits per heavy atom. The van der Waals surface area contributed by atoms with Gasteiger partial charge in [-0.3, -0.25) is 0 Å². The monoisotopic (exact) mass is 96.0 g/mol. The van der Waals surface area contributed by atoms with Crippen LogP contribution in [0.15, 0.2) is 0 Å². The van der Waals surface area contributed by atoms with Gasteiger partial charge in [0.25, 0.3) is 0 Å². The summed E-state index contributed by atoms with van der Waals surface area (Å²) in [5.41, 5.74) is 0. The number of halogens is 1. The summed E-state index contributed by atoms with van der Waals surface area (Å²) in [4.78, 5) is 0. The summed E-state index contributed by atoms with van der Waals surface area (Å²) in [6.45, 7) is 0. The van der Waals surface area contributed by atoms with E-state index in [1.54, 1.807) is 0 Å². The predicted octanol–water partition coefficient (Wildman–Crippen LogP) is 0.0842. The van der Waals surface area contributed by atoms with E-state index in [0.29, 0.717) is 0 Å². The van der Waals surface area contributed by atoms with Gasteiger partial charge in [0.05, 0.1) is 0 Å². The van der Waals surface area contributed by atoms with Crippen LogP contribution in [-0.4, -0.2) is 16.2 Å². The van der Waals surface area contributed by atoms with Crippen molar-refractivity contribution in [1.82, 2.24) is 6.15 Å². The van der Waals surface area contributed by atoms with Gasteiger partial charge in [-0.15, -0.1) is 12.4 Å². The molecule has 3 N–H and O–H groups in total. The second-order valence-corrected chi connectivity index (χ2v) is 0. The SMILES string of the molecule is Cl.N.[O]=[Al]. The first-order valence-electron chi connectivity index (χ1n) is 0.236. The molecule has 0 amide bonds. The molecule has 0 aliphatic rings. The van der Waals surface area contributed by atoms with E-state index >= 15 is 0 Å². The molecule has 0 aromatic carbocycles. The predicted molar refractivity (Wildman–Crippen MR) is 18.7 cm³/mol. The molecule has 0 bridgehead atoms. The van der Waals surface area contributed by atoms with E-state index in [9.17, 15) is 0 Å². The maximum atomic E-state index is 8.17. The summed E-state index contributed by atoms with van der Waals surface area (Å²) < 4.78 is 8.17. The van der Waals surface area contributed by atoms with E-state index in [4.69, 9.17) is 3.80 Å². The molecule has 0 aromatic heterocycles. The van der Waals surface area contributed by atoms with Crippen molar-refractivity contribution in [1.29, 1.82) is 0 Å². The molecule has 4 heavy (non-hydrogen) atoms. The maximum absolute atomic E-state index is 8.17. The van der Waals surface area contributed by atoms with Gasteiger partial charge >= 0.3 is 20.0 Å². The van der Waals surface area contributed by atoms with E-state index < -0.39 is 0 Å². The molecule has 0 heterocycles. The topological polar surface area (TPSA) is 52.1 Å². The zero-order valence-corrected chi connectivity index (χ0v) is 4.07. The number of rotatable bonds is 0. The quantitative estimate of drug-likeness (QED) is 0.435.